The molecule has 0 bridgehead atoms. The number of rotatable bonds is 6. The van der Waals surface area contributed by atoms with Crippen molar-refractivity contribution in [3.63, 3.8) is 0 Å². The fourth-order valence-corrected chi connectivity index (χ4v) is 4.13. The Labute approximate surface area is 145 Å². The van der Waals surface area contributed by atoms with E-state index in [2.05, 4.69) is 14.8 Å². The summed E-state index contributed by atoms with van der Waals surface area (Å²) in [5.41, 5.74) is 0. The Morgan fingerprint density at radius 1 is 1.08 bits per heavy atom. The molecule has 2 heterocycles. The van der Waals surface area contributed by atoms with Crippen molar-refractivity contribution in [2.24, 2.45) is 0 Å². The Hall–Kier alpha value is -1.33. The monoisotopic (exact) mass is 333 g/mol. The average Bonchev–Trinajstić information content (AvgIpc) is 3.10. The maximum absolute atomic E-state index is 12.1. The summed E-state index contributed by atoms with van der Waals surface area (Å²) in [6.07, 6.45) is 11.9. The lowest BCUT2D eigenvalue weighted by molar-refractivity contribution is -0.122. The maximum atomic E-state index is 12.1. The second kappa shape index (κ2) is 8.67. The SMILES string of the molecule is O=C(CCCn1cccc1)NC1CCN([C@H]2CCCC[C@@H]2O)CC1. The molecule has 2 aliphatic rings. The number of nitrogens with one attached hydrogen (secondary N) is 1. The van der Waals surface area contributed by atoms with E-state index in [0.29, 0.717) is 18.5 Å². The van der Waals surface area contributed by atoms with Crippen molar-refractivity contribution in [3.8, 4) is 0 Å². The number of carbonyl (C=O) groups excluding carboxylic acids is 1. The standard InChI is InChI=1S/C19H31N3O2/c23-18-7-2-1-6-17(18)22-14-9-16(10-15-22)20-19(24)8-5-13-21-11-3-4-12-21/h3-4,11-12,16-18,23H,1-2,5-10,13-15H2,(H,20,24)/t17-,18-/m0/s1. The summed E-state index contributed by atoms with van der Waals surface area (Å²) in [7, 11) is 0. The first kappa shape index (κ1) is 17.5. The number of carbonyl (C=O) groups is 1. The zero-order chi connectivity index (χ0) is 16.8. The number of aliphatic hydroxyl groups excluding tert-OH is 1. The molecule has 2 fully saturated rings. The van der Waals surface area contributed by atoms with Crippen molar-refractivity contribution in [1.82, 2.24) is 14.8 Å². The molecule has 1 aliphatic carbocycles. The van der Waals surface area contributed by atoms with Crippen LogP contribution < -0.4 is 5.32 Å². The molecule has 134 valence electrons. The summed E-state index contributed by atoms with van der Waals surface area (Å²) in [4.78, 5) is 14.5. The molecule has 1 aromatic rings. The molecule has 1 saturated heterocycles. The Bertz CT molecular complexity index is 495. The zero-order valence-electron chi connectivity index (χ0n) is 14.6. The molecule has 2 atom stereocenters. The van der Waals surface area contributed by atoms with Crippen LogP contribution in [0, 0.1) is 0 Å². The molecule has 0 radical (unpaired) electrons. The largest absolute Gasteiger partial charge is 0.391 e. The number of nitrogens with zero attached hydrogens (tertiary/aromatic N) is 2. The van der Waals surface area contributed by atoms with E-state index in [9.17, 15) is 9.90 Å². The highest BCUT2D eigenvalue weighted by molar-refractivity contribution is 5.76. The summed E-state index contributed by atoms with van der Waals surface area (Å²) in [6, 6.07) is 4.67. The number of likely N-dealkylation sites (tertiary alicyclic amines) is 1. The van der Waals surface area contributed by atoms with Crippen molar-refractivity contribution in [1.29, 1.82) is 0 Å². The van der Waals surface area contributed by atoms with Gasteiger partial charge in [0.15, 0.2) is 0 Å². The van der Waals surface area contributed by atoms with E-state index in [1.807, 2.05) is 24.5 Å². The number of aliphatic hydroxyl groups is 1. The van der Waals surface area contributed by atoms with Gasteiger partial charge in [0.1, 0.15) is 0 Å². The molecular weight excluding hydrogens is 302 g/mol. The van der Waals surface area contributed by atoms with Gasteiger partial charge in [-0.15, -0.1) is 0 Å². The fraction of sp³-hybridized carbons (Fsp3) is 0.737. The highest BCUT2D eigenvalue weighted by Gasteiger charge is 2.31. The van der Waals surface area contributed by atoms with Crippen LogP contribution in [0.2, 0.25) is 0 Å². The third-order valence-electron chi connectivity index (χ3n) is 5.54. The number of aromatic nitrogens is 1. The lowest BCUT2D eigenvalue weighted by Gasteiger charge is -2.41. The Morgan fingerprint density at radius 2 is 1.79 bits per heavy atom. The van der Waals surface area contributed by atoms with Crippen LogP contribution in [-0.4, -0.2) is 51.8 Å². The van der Waals surface area contributed by atoms with E-state index in [1.165, 1.54) is 6.42 Å². The zero-order valence-corrected chi connectivity index (χ0v) is 14.6. The van der Waals surface area contributed by atoms with Crippen LogP contribution in [0.4, 0.5) is 0 Å². The van der Waals surface area contributed by atoms with Gasteiger partial charge in [0, 0.05) is 50.5 Å². The van der Waals surface area contributed by atoms with E-state index in [4.69, 9.17) is 0 Å². The second-order valence-electron chi connectivity index (χ2n) is 7.32. The van der Waals surface area contributed by atoms with E-state index < -0.39 is 0 Å². The van der Waals surface area contributed by atoms with Gasteiger partial charge in [-0.1, -0.05) is 12.8 Å². The molecule has 0 spiro atoms. The quantitative estimate of drug-likeness (QED) is 0.839. The Balaban J connectivity index is 1.33. The van der Waals surface area contributed by atoms with Crippen molar-refractivity contribution in [2.45, 2.75) is 76.1 Å². The maximum Gasteiger partial charge on any atom is 0.220 e. The van der Waals surface area contributed by atoms with E-state index in [-0.39, 0.29) is 12.0 Å². The smallest absolute Gasteiger partial charge is 0.220 e. The highest BCUT2D eigenvalue weighted by Crippen LogP contribution is 2.25. The first-order valence-electron chi connectivity index (χ1n) is 9.54. The van der Waals surface area contributed by atoms with Crippen LogP contribution in [0.5, 0.6) is 0 Å². The van der Waals surface area contributed by atoms with Gasteiger partial charge in [-0.25, -0.2) is 0 Å². The van der Waals surface area contributed by atoms with Crippen molar-refractivity contribution >= 4 is 5.91 Å². The summed E-state index contributed by atoms with van der Waals surface area (Å²) in [5.74, 6) is 0.179. The summed E-state index contributed by atoms with van der Waals surface area (Å²) in [6.45, 7) is 2.89. The van der Waals surface area contributed by atoms with Crippen molar-refractivity contribution < 1.29 is 9.90 Å². The van der Waals surface area contributed by atoms with Crippen LogP contribution in [0.1, 0.15) is 51.4 Å². The van der Waals surface area contributed by atoms with Gasteiger partial charge in [0.2, 0.25) is 5.91 Å². The molecule has 1 aliphatic heterocycles. The van der Waals surface area contributed by atoms with Gasteiger partial charge >= 0.3 is 0 Å². The number of piperidine rings is 1. The van der Waals surface area contributed by atoms with Gasteiger partial charge < -0.3 is 15.0 Å². The second-order valence-corrected chi connectivity index (χ2v) is 7.32. The van der Waals surface area contributed by atoms with Crippen LogP contribution in [0.15, 0.2) is 24.5 Å². The van der Waals surface area contributed by atoms with Gasteiger partial charge in [-0.3, -0.25) is 9.69 Å². The number of hydrogen-bond donors (Lipinski definition) is 2. The van der Waals surface area contributed by atoms with E-state index in [1.54, 1.807) is 0 Å². The average molecular weight is 333 g/mol. The molecule has 1 saturated carbocycles. The van der Waals surface area contributed by atoms with E-state index in [0.717, 1.165) is 58.2 Å². The van der Waals surface area contributed by atoms with E-state index >= 15 is 0 Å². The molecule has 1 aromatic heterocycles. The Morgan fingerprint density at radius 3 is 2.50 bits per heavy atom. The van der Waals surface area contributed by atoms with Gasteiger partial charge in [-0.2, -0.15) is 0 Å². The van der Waals surface area contributed by atoms with Crippen LogP contribution in [-0.2, 0) is 11.3 Å². The predicted molar refractivity (Wildman–Crippen MR) is 94.7 cm³/mol. The van der Waals surface area contributed by atoms with Crippen LogP contribution in [0.3, 0.4) is 0 Å². The Kier molecular flexibility index (Phi) is 6.32. The molecule has 1 amide bonds. The van der Waals surface area contributed by atoms with Crippen LogP contribution in [0.25, 0.3) is 0 Å². The predicted octanol–water partition coefficient (Wildman–Crippen LogP) is 2.15. The minimum absolute atomic E-state index is 0.154. The molecular formula is C19H31N3O2. The van der Waals surface area contributed by atoms with Crippen molar-refractivity contribution in [2.75, 3.05) is 13.1 Å². The van der Waals surface area contributed by atoms with Crippen molar-refractivity contribution in [3.05, 3.63) is 24.5 Å². The number of amides is 1. The molecule has 2 N–H and O–H groups in total. The lowest BCUT2D eigenvalue weighted by atomic mass is 9.89. The minimum Gasteiger partial charge on any atom is -0.391 e. The summed E-state index contributed by atoms with van der Waals surface area (Å²) >= 11 is 0. The minimum atomic E-state index is -0.154. The fourth-order valence-electron chi connectivity index (χ4n) is 4.13. The summed E-state index contributed by atoms with van der Waals surface area (Å²) < 4.78 is 2.11. The first-order chi connectivity index (χ1) is 11.7. The molecule has 5 nitrogen and oxygen atoms in total. The highest BCUT2D eigenvalue weighted by atomic mass is 16.3. The third kappa shape index (κ3) is 4.84. The van der Waals surface area contributed by atoms with Gasteiger partial charge in [0.05, 0.1) is 6.10 Å². The number of hydrogen-bond acceptors (Lipinski definition) is 3. The molecule has 5 heteroatoms. The summed E-state index contributed by atoms with van der Waals surface area (Å²) in [5, 5.41) is 13.4. The third-order valence-corrected chi connectivity index (χ3v) is 5.54. The number of aryl methyl sites for hydroxylation is 1. The lowest BCUT2D eigenvalue weighted by Crippen LogP contribution is -2.52. The molecule has 0 unspecified atom stereocenters. The molecule has 0 aromatic carbocycles. The van der Waals surface area contributed by atoms with Gasteiger partial charge in [-0.05, 0) is 44.2 Å². The topological polar surface area (TPSA) is 57.5 Å². The van der Waals surface area contributed by atoms with Gasteiger partial charge in [0.25, 0.3) is 0 Å². The normalized spacial score (nSPS) is 26.4. The first-order valence-corrected chi connectivity index (χ1v) is 9.54. The van der Waals surface area contributed by atoms with Crippen LogP contribution >= 0.6 is 0 Å². The molecule has 24 heavy (non-hydrogen) atoms. The molecule has 3 rings (SSSR count).